The molecular weight excluding hydrogens is 239 g/mol. The topological polar surface area (TPSA) is 17.1 Å². The Bertz CT molecular complexity index is 238. The van der Waals surface area contributed by atoms with Crippen molar-refractivity contribution in [2.75, 3.05) is 0 Å². The van der Waals surface area contributed by atoms with E-state index in [1.807, 2.05) is 46.9 Å². The van der Waals surface area contributed by atoms with Crippen LogP contribution in [0.5, 0.6) is 0 Å². The minimum Gasteiger partial charge on any atom is -0.295 e. The summed E-state index contributed by atoms with van der Waals surface area (Å²) in [6.07, 6.45) is 0. The number of halogens is 1. The Labute approximate surface area is 73.6 Å². The first-order chi connectivity index (χ1) is 4.70. The van der Waals surface area contributed by atoms with Crippen molar-refractivity contribution in [3.05, 3.63) is 33.4 Å². The third-order valence-electron chi connectivity index (χ3n) is 1.26. The Morgan fingerprint density at radius 3 is 2.20 bits per heavy atom. The first-order valence-corrected chi connectivity index (χ1v) is 4.14. The third kappa shape index (κ3) is 1.80. The fraction of sp³-hybridized carbons (Fsp3) is 0.125. The van der Waals surface area contributed by atoms with Crippen LogP contribution in [0.3, 0.4) is 0 Å². The van der Waals surface area contributed by atoms with Crippen LogP contribution >= 0.6 is 0 Å². The second-order valence-electron chi connectivity index (χ2n) is 2.08. The molecule has 10 heavy (non-hydrogen) atoms. The second kappa shape index (κ2) is 3.14. The number of carbonyl (C=O) groups is 1. The summed E-state index contributed by atoms with van der Waals surface area (Å²) < 4.78 is 1.20. The van der Waals surface area contributed by atoms with Crippen molar-refractivity contribution in [2.24, 2.45) is 0 Å². The summed E-state index contributed by atoms with van der Waals surface area (Å²) in [5, 5.41) is 0. The monoisotopic (exact) mass is 247 g/mol. The molecule has 1 aromatic rings. The average molecular weight is 247 g/mol. The van der Waals surface area contributed by atoms with Gasteiger partial charge in [-0.2, -0.15) is 0 Å². The Hall–Kier alpha value is -0.380. The van der Waals surface area contributed by atoms with Crippen LogP contribution in [-0.2, 0) is 0 Å². The number of carbonyl (C=O) groups excluding carboxylic acids is 1. The summed E-state index contributed by atoms with van der Waals surface area (Å²) in [6, 6.07) is 7.59. The van der Waals surface area contributed by atoms with Crippen LogP contribution in [-0.4, -0.2) is 5.78 Å². The predicted octanol–water partition coefficient (Wildman–Crippen LogP) is -1.66. The summed E-state index contributed by atoms with van der Waals surface area (Å²) in [5.41, 5.74) is 0.785. The summed E-state index contributed by atoms with van der Waals surface area (Å²) in [7, 11) is 0. The van der Waals surface area contributed by atoms with E-state index < -0.39 is 0 Å². The van der Waals surface area contributed by atoms with E-state index in [1.54, 1.807) is 6.92 Å². The lowest BCUT2D eigenvalue weighted by molar-refractivity contribution is -0.328. The Balaban J connectivity index is 3.00. The van der Waals surface area contributed by atoms with Gasteiger partial charge >= 0.3 is 0 Å². The van der Waals surface area contributed by atoms with Gasteiger partial charge < -0.3 is 0 Å². The summed E-state index contributed by atoms with van der Waals surface area (Å²) in [6.45, 7) is 1.57. The SMILES string of the molecule is CC(=O)c1ccc([IH+])cc1. The number of rotatable bonds is 1. The highest BCUT2D eigenvalue weighted by molar-refractivity contribution is 5.93. The minimum atomic E-state index is 0.126. The Morgan fingerprint density at radius 2 is 1.80 bits per heavy atom. The quantitative estimate of drug-likeness (QED) is 0.429. The molecule has 0 unspecified atom stereocenters. The van der Waals surface area contributed by atoms with Gasteiger partial charge in [0.1, 0.15) is 0 Å². The molecule has 0 fully saturated rings. The van der Waals surface area contributed by atoms with E-state index in [9.17, 15) is 4.79 Å². The Morgan fingerprint density at radius 1 is 1.30 bits per heavy atom. The maximum absolute atomic E-state index is 10.8. The third-order valence-corrected chi connectivity index (χ3v) is 2.04. The van der Waals surface area contributed by atoms with Crippen molar-refractivity contribution in [3.63, 3.8) is 0 Å². The maximum Gasteiger partial charge on any atom is 0.296 e. The number of ketones is 1. The molecule has 0 saturated heterocycles. The van der Waals surface area contributed by atoms with E-state index in [-0.39, 0.29) is 5.78 Å². The van der Waals surface area contributed by atoms with E-state index in [2.05, 4.69) is 0 Å². The van der Waals surface area contributed by atoms with Gasteiger partial charge in [0.2, 0.25) is 0 Å². The second-order valence-corrected chi connectivity index (χ2v) is 3.43. The molecule has 1 rings (SSSR count). The lowest BCUT2D eigenvalue weighted by Gasteiger charge is -1.89. The summed E-state index contributed by atoms with van der Waals surface area (Å²) in [4.78, 5) is 10.8. The molecule has 0 aliphatic heterocycles. The van der Waals surface area contributed by atoms with E-state index in [4.69, 9.17) is 0 Å². The molecule has 0 atom stereocenters. The molecule has 0 bridgehead atoms. The van der Waals surface area contributed by atoms with Gasteiger partial charge in [0.15, 0.2) is 9.35 Å². The molecule has 0 radical (unpaired) electrons. The lowest BCUT2D eigenvalue weighted by atomic mass is 10.2. The molecule has 0 heterocycles. The molecule has 0 amide bonds. The predicted molar refractivity (Wildman–Crippen MR) is 36.5 cm³/mol. The summed E-state index contributed by atoms with van der Waals surface area (Å²) in [5.74, 6) is 0.126. The number of hydrogen-bond donors (Lipinski definition) is 0. The van der Waals surface area contributed by atoms with Crippen LogP contribution in [0, 0.1) is 3.57 Å². The number of benzene rings is 1. The lowest BCUT2D eigenvalue weighted by Crippen LogP contribution is -3.34. The van der Waals surface area contributed by atoms with Gasteiger partial charge in [-0.25, -0.2) is 0 Å². The zero-order valence-electron chi connectivity index (χ0n) is 5.63. The Kier molecular flexibility index (Phi) is 2.43. The molecule has 0 aliphatic rings. The minimum absolute atomic E-state index is 0.126. The van der Waals surface area contributed by atoms with Crippen LogP contribution in [0.1, 0.15) is 17.3 Å². The van der Waals surface area contributed by atoms with Gasteiger partial charge in [-0.05, 0) is 31.2 Å². The van der Waals surface area contributed by atoms with Gasteiger partial charge in [0.05, 0.1) is 0 Å². The maximum atomic E-state index is 10.8. The fourth-order valence-electron chi connectivity index (χ4n) is 0.690. The average Bonchev–Trinajstić information content (AvgIpc) is 1.88. The number of Topliss-reactive ketones (excluding diaryl/α,β-unsaturated/α-hetero) is 1. The van der Waals surface area contributed by atoms with Crippen LogP contribution in [0.2, 0.25) is 0 Å². The standard InChI is InChI=1S/C8H8IO/c1-6(10)7-2-4-8(9)5-3-7/h2-5,9H,1H3/q+1. The van der Waals surface area contributed by atoms with Crippen molar-refractivity contribution in [1.29, 1.82) is 0 Å². The van der Waals surface area contributed by atoms with Crippen LogP contribution in [0.15, 0.2) is 24.3 Å². The molecule has 0 N–H and O–H groups in total. The molecule has 52 valence electrons. The molecular formula is C8H8IO+. The van der Waals surface area contributed by atoms with Gasteiger partial charge in [0, 0.05) is 5.56 Å². The van der Waals surface area contributed by atoms with Gasteiger partial charge in [0.25, 0.3) is 22.6 Å². The van der Waals surface area contributed by atoms with Crippen molar-refractivity contribution in [3.8, 4) is 0 Å². The highest BCUT2D eigenvalue weighted by atomic mass is 127. The zero-order valence-corrected chi connectivity index (χ0v) is 7.96. The van der Waals surface area contributed by atoms with Gasteiger partial charge in [-0.3, -0.25) is 4.79 Å². The van der Waals surface area contributed by atoms with Crippen LogP contribution < -0.4 is 22.6 Å². The molecule has 1 nitrogen and oxygen atoms in total. The molecule has 0 saturated carbocycles. The van der Waals surface area contributed by atoms with Crippen molar-refractivity contribution < 1.29 is 27.4 Å². The van der Waals surface area contributed by atoms with E-state index in [0.29, 0.717) is 0 Å². The van der Waals surface area contributed by atoms with Gasteiger partial charge in [-0.1, -0.05) is 0 Å². The van der Waals surface area contributed by atoms with E-state index in [1.165, 1.54) is 3.57 Å². The zero-order chi connectivity index (χ0) is 7.56. The fourth-order valence-corrected chi connectivity index (χ4v) is 1.08. The molecule has 0 aromatic heterocycles. The normalized spacial score (nSPS) is 9.40. The van der Waals surface area contributed by atoms with Crippen LogP contribution in [0.4, 0.5) is 0 Å². The van der Waals surface area contributed by atoms with Crippen molar-refractivity contribution in [2.45, 2.75) is 6.92 Å². The largest absolute Gasteiger partial charge is 0.296 e. The van der Waals surface area contributed by atoms with Crippen molar-refractivity contribution >= 4 is 5.78 Å². The van der Waals surface area contributed by atoms with Crippen molar-refractivity contribution in [1.82, 2.24) is 0 Å². The molecule has 0 aliphatic carbocycles. The van der Waals surface area contributed by atoms with E-state index in [0.717, 1.165) is 5.56 Å². The smallest absolute Gasteiger partial charge is 0.295 e. The molecule has 0 spiro atoms. The first-order valence-electron chi connectivity index (χ1n) is 2.98. The van der Waals surface area contributed by atoms with E-state index >= 15 is 0 Å². The highest BCUT2D eigenvalue weighted by Gasteiger charge is 1.99. The number of hydrogen-bond acceptors (Lipinski definition) is 1. The van der Waals surface area contributed by atoms with Gasteiger partial charge in [-0.15, -0.1) is 0 Å². The summed E-state index contributed by atoms with van der Waals surface area (Å²) >= 11 is 1.94. The van der Waals surface area contributed by atoms with Crippen LogP contribution in [0.25, 0.3) is 0 Å². The molecule has 1 aromatic carbocycles. The highest BCUT2D eigenvalue weighted by Crippen LogP contribution is 1.97. The molecule has 2 heteroatoms. The first kappa shape index (κ1) is 7.72.